The van der Waals surface area contributed by atoms with E-state index in [-0.39, 0.29) is 59.5 Å². The van der Waals surface area contributed by atoms with Gasteiger partial charge in [0.05, 0.1) is 11.8 Å². The first-order valence-electron chi connectivity index (χ1n) is 11.9. The molecule has 0 aromatic heterocycles. The van der Waals surface area contributed by atoms with Crippen LogP contribution < -0.4 is 10.6 Å². The van der Waals surface area contributed by atoms with Gasteiger partial charge in [-0.2, -0.15) is 0 Å². The first-order chi connectivity index (χ1) is 14.6. The van der Waals surface area contributed by atoms with Crippen molar-refractivity contribution < 1.29 is 9.59 Å². The number of nitrogens with one attached hydrogen (secondary N) is 2. The number of hydrogen-bond acceptors (Lipinski definition) is 4. The van der Waals surface area contributed by atoms with E-state index in [0.29, 0.717) is 19.0 Å². The summed E-state index contributed by atoms with van der Waals surface area (Å²) in [7, 11) is 0. The summed E-state index contributed by atoms with van der Waals surface area (Å²) in [5.74, 6) is 1.83. The van der Waals surface area contributed by atoms with Crippen LogP contribution in [0.5, 0.6) is 0 Å². The maximum absolute atomic E-state index is 12.8. The Morgan fingerprint density at radius 3 is 2.26 bits per heavy atom. The van der Waals surface area contributed by atoms with Gasteiger partial charge in [0.2, 0.25) is 11.8 Å². The molecule has 174 valence electrons. The average Bonchev–Trinajstić information content (AvgIpc) is 3.43. The largest absolute Gasteiger partial charge is 0.357 e. The van der Waals surface area contributed by atoms with E-state index in [1.54, 1.807) is 0 Å². The van der Waals surface area contributed by atoms with Gasteiger partial charge in [0.25, 0.3) is 0 Å². The Kier molecular flexibility index (Phi) is 8.78. The van der Waals surface area contributed by atoms with Crippen LogP contribution in [0.3, 0.4) is 0 Å². The normalized spacial score (nSPS) is 30.6. The highest BCUT2D eigenvalue weighted by atomic mass is 127. The molecule has 2 aliphatic carbocycles. The van der Waals surface area contributed by atoms with Crippen molar-refractivity contribution in [3.05, 3.63) is 12.2 Å². The van der Waals surface area contributed by atoms with Gasteiger partial charge in [-0.3, -0.25) is 19.5 Å². The lowest BCUT2D eigenvalue weighted by Crippen LogP contribution is -2.44. The van der Waals surface area contributed by atoms with Gasteiger partial charge in [-0.1, -0.05) is 19.1 Å². The maximum Gasteiger partial charge on any atom is 0.233 e. The Morgan fingerprint density at radius 1 is 1.03 bits per heavy atom. The summed E-state index contributed by atoms with van der Waals surface area (Å²) in [5, 5.41) is 6.62. The van der Waals surface area contributed by atoms with Crippen molar-refractivity contribution in [2.45, 2.75) is 39.5 Å². The molecule has 0 aromatic carbocycles. The van der Waals surface area contributed by atoms with E-state index in [1.165, 1.54) is 43.8 Å². The van der Waals surface area contributed by atoms with Gasteiger partial charge in [-0.05, 0) is 70.0 Å². The van der Waals surface area contributed by atoms with Crippen molar-refractivity contribution in [1.29, 1.82) is 0 Å². The molecule has 0 radical (unpaired) electrons. The number of rotatable bonds is 8. The topological polar surface area (TPSA) is 77.0 Å². The van der Waals surface area contributed by atoms with Crippen LogP contribution in [0.15, 0.2) is 17.1 Å². The smallest absolute Gasteiger partial charge is 0.233 e. The summed E-state index contributed by atoms with van der Waals surface area (Å²) >= 11 is 0. The molecule has 3 fully saturated rings. The van der Waals surface area contributed by atoms with Crippen molar-refractivity contribution in [3.8, 4) is 0 Å². The second-order valence-electron chi connectivity index (χ2n) is 9.26. The van der Waals surface area contributed by atoms with Crippen molar-refractivity contribution in [3.63, 3.8) is 0 Å². The predicted molar refractivity (Wildman–Crippen MR) is 133 cm³/mol. The maximum atomic E-state index is 12.8. The number of nitrogens with zero attached hydrogens (tertiary/aromatic N) is 3. The molecule has 0 spiro atoms. The summed E-state index contributed by atoms with van der Waals surface area (Å²) < 4.78 is 0. The van der Waals surface area contributed by atoms with Crippen LogP contribution in [0.2, 0.25) is 0 Å². The molecule has 7 nitrogen and oxygen atoms in total. The molecule has 8 heteroatoms. The number of hydrogen-bond donors (Lipinski definition) is 2. The van der Waals surface area contributed by atoms with Crippen LogP contribution in [-0.2, 0) is 9.59 Å². The fourth-order valence-corrected chi connectivity index (χ4v) is 5.74. The first kappa shape index (κ1) is 24.5. The standard InChI is InChI=1S/C23H37N5O2.HI/c1-3-10-27-11-7-16(8-12-27)15-26-23(24-4-2)25-9-13-28-21(29)19-17-5-6-18(14-17)20(19)22(28)30;/h5-6,16-20H,3-4,7-15H2,1-2H3,(H2,24,25,26);1H. The molecule has 2 amide bonds. The highest BCUT2D eigenvalue weighted by molar-refractivity contribution is 14.0. The molecular formula is C23H38IN5O2. The third-order valence-corrected chi connectivity index (χ3v) is 7.29. The monoisotopic (exact) mass is 543 g/mol. The number of guanidine groups is 1. The van der Waals surface area contributed by atoms with Crippen molar-refractivity contribution in [1.82, 2.24) is 20.4 Å². The zero-order chi connectivity index (χ0) is 21.1. The number of imide groups is 1. The van der Waals surface area contributed by atoms with Gasteiger partial charge >= 0.3 is 0 Å². The lowest BCUT2D eigenvalue weighted by Gasteiger charge is -2.31. The van der Waals surface area contributed by atoms with E-state index in [1.807, 2.05) is 0 Å². The minimum atomic E-state index is -0.104. The molecule has 4 atom stereocenters. The minimum Gasteiger partial charge on any atom is -0.357 e. The Bertz CT molecular complexity index is 674. The number of likely N-dealkylation sites (tertiary alicyclic amines) is 2. The van der Waals surface area contributed by atoms with E-state index in [9.17, 15) is 9.59 Å². The van der Waals surface area contributed by atoms with Gasteiger partial charge < -0.3 is 15.5 Å². The van der Waals surface area contributed by atoms with Crippen LogP contribution in [0.1, 0.15) is 39.5 Å². The Balaban J connectivity index is 0.00000272. The third kappa shape index (κ3) is 5.26. The molecule has 2 aliphatic heterocycles. The summed E-state index contributed by atoms with van der Waals surface area (Å²) in [6.45, 7) is 10.4. The SMILES string of the molecule is CCCN1CCC(CN=C(NCC)NCCN2C(=O)C3C4C=CC(C4)C3C2=O)CC1.I. The van der Waals surface area contributed by atoms with Gasteiger partial charge in [-0.25, -0.2) is 0 Å². The predicted octanol–water partition coefficient (Wildman–Crippen LogP) is 2.09. The molecule has 4 unspecified atom stereocenters. The zero-order valence-electron chi connectivity index (χ0n) is 18.9. The van der Waals surface area contributed by atoms with Gasteiger partial charge in [-0.15, -0.1) is 24.0 Å². The molecule has 2 heterocycles. The summed E-state index contributed by atoms with van der Waals surface area (Å²) in [5.41, 5.74) is 0. The highest BCUT2D eigenvalue weighted by Crippen LogP contribution is 2.52. The van der Waals surface area contributed by atoms with Crippen LogP contribution >= 0.6 is 24.0 Å². The van der Waals surface area contributed by atoms with Crippen LogP contribution in [0, 0.1) is 29.6 Å². The van der Waals surface area contributed by atoms with Crippen LogP contribution in [0.25, 0.3) is 0 Å². The Hall–Kier alpha value is -1.16. The number of fused-ring (bicyclic) bond motifs is 5. The van der Waals surface area contributed by atoms with E-state index in [0.717, 1.165) is 25.5 Å². The summed E-state index contributed by atoms with van der Waals surface area (Å²) in [6, 6.07) is 0. The molecular weight excluding hydrogens is 505 g/mol. The average molecular weight is 543 g/mol. The molecule has 1 saturated carbocycles. The van der Waals surface area contributed by atoms with Gasteiger partial charge in [0, 0.05) is 26.2 Å². The first-order valence-corrected chi connectivity index (χ1v) is 11.9. The van der Waals surface area contributed by atoms with Crippen LogP contribution in [-0.4, -0.2) is 73.4 Å². The number of halogens is 1. The molecule has 2 saturated heterocycles. The van der Waals surface area contributed by atoms with Gasteiger partial charge in [0.1, 0.15) is 0 Å². The zero-order valence-corrected chi connectivity index (χ0v) is 21.2. The lowest BCUT2D eigenvalue weighted by molar-refractivity contribution is -0.140. The third-order valence-electron chi connectivity index (χ3n) is 7.29. The number of amides is 2. The number of carbonyl (C=O) groups is 2. The fourth-order valence-electron chi connectivity index (χ4n) is 5.74. The molecule has 0 aromatic rings. The second-order valence-corrected chi connectivity index (χ2v) is 9.26. The van der Waals surface area contributed by atoms with E-state index < -0.39 is 0 Å². The Morgan fingerprint density at radius 2 is 1.68 bits per heavy atom. The van der Waals surface area contributed by atoms with E-state index >= 15 is 0 Å². The molecule has 31 heavy (non-hydrogen) atoms. The van der Waals surface area contributed by atoms with Crippen molar-refractivity contribution in [2.75, 3.05) is 45.8 Å². The molecule has 2 bridgehead atoms. The van der Waals surface area contributed by atoms with Crippen LogP contribution in [0.4, 0.5) is 0 Å². The lowest BCUT2D eigenvalue weighted by atomic mass is 9.85. The molecule has 4 rings (SSSR count). The highest BCUT2D eigenvalue weighted by Gasteiger charge is 2.58. The molecule has 2 N–H and O–H groups in total. The number of carbonyl (C=O) groups excluding carboxylic acids is 2. The Labute approximate surface area is 203 Å². The van der Waals surface area contributed by atoms with E-state index in [4.69, 9.17) is 4.99 Å². The summed E-state index contributed by atoms with van der Waals surface area (Å²) in [4.78, 5) is 34.4. The fraction of sp³-hybridized carbons (Fsp3) is 0.783. The van der Waals surface area contributed by atoms with Crippen molar-refractivity contribution >= 4 is 41.8 Å². The molecule has 4 aliphatic rings. The quantitative estimate of drug-likeness (QED) is 0.161. The van der Waals surface area contributed by atoms with Crippen molar-refractivity contribution in [2.24, 2.45) is 34.6 Å². The number of allylic oxidation sites excluding steroid dienone is 2. The second kappa shape index (κ2) is 11.1. The summed E-state index contributed by atoms with van der Waals surface area (Å²) in [6.07, 6.45) is 8.90. The number of aliphatic imine (C=N–C) groups is 1. The number of piperidine rings is 1. The minimum absolute atomic E-state index is 0. The van der Waals surface area contributed by atoms with E-state index in [2.05, 4.69) is 41.5 Å². The van der Waals surface area contributed by atoms with Gasteiger partial charge in [0.15, 0.2) is 5.96 Å².